The van der Waals surface area contributed by atoms with Gasteiger partial charge < -0.3 is 5.32 Å². The van der Waals surface area contributed by atoms with Crippen LogP contribution < -0.4 is 5.32 Å². The minimum absolute atomic E-state index is 0.273. The maximum atomic E-state index is 11.1. The van der Waals surface area contributed by atoms with E-state index in [1.165, 1.54) is 5.56 Å². The molecule has 0 heterocycles. The van der Waals surface area contributed by atoms with Crippen LogP contribution >= 0.6 is 15.9 Å². The minimum atomic E-state index is -0.709. The van der Waals surface area contributed by atoms with Crippen LogP contribution in [0.5, 0.6) is 0 Å². The van der Waals surface area contributed by atoms with Crippen LogP contribution in [0.3, 0.4) is 0 Å². The van der Waals surface area contributed by atoms with Crippen molar-refractivity contribution in [2.45, 2.75) is 25.1 Å². The first-order valence-electron chi connectivity index (χ1n) is 5.37. The number of nitrogens with one attached hydrogen (secondary N) is 1. The van der Waals surface area contributed by atoms with Crippen molar-refractivity contribution < 1.29 is 4.21 Å². The second kappa shape index (κ2) is 7.20. The van der Waals surface area contributed by atoms with Crippen molar-refractivity contribution in [1.29, 1.82) is 0 Å². The molecule has 0 aliphatic heterocycles. The second-order valence-corrected chi connectivity index (χ2v) is 6.62. The summed E-state index contributed by atoms with van der Waals surface area (Å²) in [4.78, 5) is 0. The maximum absolute atomic E-state index is 11.1. The molecule has 0 saturated heterocycles. The van der Waals surface area contributed by atoms with Crippen molar-refractivity contribution in [3.63, 3.8) is 0 Å². The van der Waals surface area contributed by atoms with Crippen molar-refractivity contribution in [2.24, 2.45) is 0 Å². The lowest BCUT2D eigenvalue weighted by molar-refractivity contribution is 0.629. The van der Waals surface area contributed by atoms with Crippen LogP contribution in [0.2, 0.25) is 0 Å². The van der Waals surface area contributed by atoms with Crippen molar-refractivity contribution in [3.05, 3.63) is 34.3 Å². The van der Waals surface area contributed by atoms with Crippen LogP contribution in [-0.2, 0) is 17.3 Å². The Kier molecular flexibility index (Phi) is 6.24. The Hall–Kier alpha value is -0.190. The zero-order valence-electron chi connectivity index (χ0n) is 9.70. The highest BCUT2D eigenvalue weighted by Gasteiger charge is 2.04. The third kappa shape index (κ3) is 5.23. The highest BCUT2D eigenvalue weighted by Crippen LogP contribution is 2.11. The van der Waals surface area contributed by atoms with Crippen LogP contribution in [0, 0.1) is 0 Å². The predicted octanol–water partition coefficient (Wildman–Crippen LogP) is 2.70. The number of halogens is 1. The van der Waals surface area contributed by atoms with Gasteiger partial charge in [0.05, 0.1) is 0 Å². The molecule has 0 bridgehead atoms. The third-order valence-electron chi connectivity index (χ3n) is 2.51. The Morgan fingerprint density at radius 2 is 2.25 bits per heavy atom. The molecule has 0 aromatic heterocycles. The van der Waals surface area contributed by atoms with Gasteiger partial charge in [-0.1, -0.05) is 35.0 Å². The lowest BCUT2D eigenvalue weighted by Gasteiger charge is -2.09. The topological polar surface area (TPSA) is 29.1 Å². The highest BCUT2D eigenvalue weighted by molar-refractivity contribution is 9.10. The smallest absolute Gasteiger partial charge is 0.0329 e. The van der Waals surface area contributed by atoms with E-state index >= 15 is 0 Å². The first kappa shape index (κ1) is 13.9. The average molecular weight is 304 g/mol. The van der Waals surface area contributed by atoms with Crippen LogP contribution in [-0.4, -0.2) is 22.3 Å². The monoisotopic (exact) mass is 303 g/mol. The van der Waals surface area contributed by atoms with E-state index in [-0.39, 0.29) is 5.25 Å². The molecular weight excluding hydrogens is 286 g/mol. The summed E-state index contributed by atoms with van der Waals surface area (Å²) in [5.41, 5.74) is 1.26. The number of benzene rings is 1. The van der Waals surface area contributed by atoms with Gasteiger partial charge in [0.15, 0.2) is 0 Å². The van der Waals surface area contributed by atoms with E-state index in [1.54, 1.807) is 6.26 Å². The summed E-state index contributed by atoms with van der Waals surface area (Å²) in [6.07, 6.45) is 2.72. The summed E-state index contributed by atoms with van der Waals surface area (Å²) in [6, 6.07) is 8.25. The number of hydrogen-bond acceptors (Lipinski definition) is 2. The standard InChI is InChI=1S/C12H18BrNOS/c1-10(16(2)15)6-7-14-9-11-4-3-5-12(13)8-11/h3-5,8,10,14H,6-7,9H2,1-2H3. The summed E-state index contributed by atoms with van der Waals surface area (Å²) >= 11 is 3.45. The summed E-state index contributed by atoms with van der Waals surface area (Å²) < 4.78 is 12.2. The molecule has 0 saturated carbocycles. The first-order valence-corrected chi connectivity index (χ1v) is 7.78. The summed E-state index contributed by atoms with van der Waals surface area (Å²) in [5, 5.41) is 3.63. The van der Waals surface area contributed by atoms with E-state index in [2.05, 4.69) is 33.4 Å². The van der Waals surface area contributed by atoms with Gasteiger partial charge >= 0.3 is 0 Å². The minimum Gasteiger partial charge on any atom is -0.313 e. The van der Waals surface area contributed by atoms with Crippen molar-refractivity contribution >= 4 is 26.7 Å². The van der Waals surface area contributed by atoms with Gasteiger partial charge in [-0.25, -0.2) is 0 Å². The third-order valence-corrected chi connectivity index (χ3v) is 4.37. The van der Waals surface area contributed by atoms with Crippen molar-refractivity contribution in [2.75, 3.05) is 12.8 Å². The molecule has 2 unspecified atom stereocenters. The van der Waals surface area contributed by atoms with E-state index in [9.17, 15) is 4.21 Å². The fourth-order valence-corrected chi connectivity index (χ4v) is 2.25. The predicted molar refractivity (Wildman–Crippen MR) is 74.0 cm³/mol. The molecule has 0 radical (unpaired) electrons. The van der Waals surface area contributed by atoms with Gasteiger partial charge in [0.2, 0.25) is 0 Å². The molecule has 0 aliphatic rings. The zero-order chi connectivity index (χ0) is 12.0. The Morgan fingerprint density at radius 1 is 1.50 bits per heavy atom. The first-order chi connectivity index (χ1) is 7.59. The van der Waals surface area contributed by atoms with Crippen LogP contribution in [0.25, 0.3) is 0 Å². The molecule has 2 atom stereocenters. The lowest BCUT2D eigenvalue weighted by Crippen LogP contribution is -2.20. The van der Waals surface area contributed by atoms with Gasteiger partial charge in [-0.2, -0.15) is 0 Å². The number of hydrogen-bond donors (Lipinski definition) is 1. The largest absolute Gasteiger partial charge is 0.313 e. The van der Waals surface area contributed by atoms with E-state index in [0.29, 0.717) is 0 Å². The molecular formula is C12H18BrNOS. The molecule has 0 amide bonds. The van der Waals surface area contributed by atoms with Gasteiger partial charge in [-0.3, -0.25) is 4.21 Å². The Bertz CT molecular complexity index is 357. The molecule has 0 fully saturated rings. The molecule has 16 heavy (non-hydrogen) atoms. The van der Waals surface area contributed by atoms with Gasteiger partial charge in [0.25, 0.3) is 0 Å². The summed E-state index contributed by atoms with van der Waals surface area (Å²) in [6.45, 7) is 3.80. The maximum Gasteiger partial charge on any atom is 0.0329 e. The van der Waals surface area contributed by atoms with Crippen molar-refractivity contribution in [1.82, 2.24) is 5.32 Å². The number of rotatable bonds is 6. The molecule has 0 spiro atoms. The molecule has 90 valence electrons. The van der Waals surface area contributed by atoms with Crippen LogP contribution in [0.15, 0.2) is 28.7 Å². The second-order valence-electron chi connectivity index (χ2n) is 3.90. The van der Waals surface area contributed by atoms with Gasteiger partial charge in [-0.05, 0) is 30.7 Å². The van der Waals surface area contributed by atoms with E-state index < -0.39 is 10.8 Å². The SMILES string of the molecule is CC(CCNCc1cccc(Br)c1)S(C)=O. The molecule has 1 aromatic rings. The Labute approximate surface area is 108 Å². The fourth-order valence-electron chi connectivity index (χ4n) is 1.35. The van der Waals surface area contributed by atoms with Gasteiger partial charge in [-0.15, -0.1) is 0 Å². The van der Waals surface area contributed by atoms with Gasteiger partial charge in [0, 0.05) is 33.3 Å². The van der Waals surface area contributed by atoms with Gasteiger partial charge in [0.1, 0.15) is 0 Å². The lowest BCUT2D eigenvalue weighted by atomic mass is 10.2. The van der Waals surface area contributed by atoms with Crippen LogP contribution in [0.4, 0.5) is 0 Å². The molecule has 0 aliphatic carbocycles. The quantitative estimate of drug-likeness (QED) is 0.819. The molecule has 4 heteroatoms. The normalized spacial score (nSPS) is 14.7. The zero-order valence-corrected chi connectivity index (χ0v) is 12.1. The molecule has 1 aromatic carbocycles. The Balaban J connectivity index is 2.23. The average Bonchev–Trinajstić information content (AvgIpc) is 2.24. The molecule has 1 N–H and O–H groups in total. The molecule has 2 nitrogen and oxygen atoms in total. The van der Waals surface area contributed by atoms with Crippen molar-refractivity contribution in [3.8, 4) is 0 Å². The fraction of sp³-hybridized carbons (Fsp3) is 0.500. The highest BCUT2D eigenvalue weighted by atomic mass is 79.9. The van der Waals surface area contributed by atoms with E-state index in [0.717, 1.165) is 24.0 Å². The summed E-state index contributed by atoms with van der Waals surface area (Å²) in [7, 11) is -0.709. The van der Waals surface area contributed by atoms with E-state index in [1.807, 2.05) is 19.1 Å². The Morgan fingerprint density at radius 3 is 2.88 bits per heavy atom. The van der Waals surface area contributed by atoms with E-state index in [4.69, 9.17) is 0 Å². The van der Waals surface area contributed by atoms with Crippen LogP contribution in [0.1, 0.15) is 18.9 Å². The molecule has 1 rings (SSSR count). The summed E-state index contributed by atoms with van der Waals surface area (Å²) in [5.74, 6) is 0.